The molecular formula is C76H69B2N5. The Hall–Kier alpha value is -9.45. The first-order valence-electron chi connectivity index (χ1n) is 29.7. The van der Waals surface area contributed by atoms with Crippen molar-refractivity contribution in [2.24, 2.45) is 0 Å². The number of benzene rings is 11. The van der Waals surface area contributed by atoms with Crippen LogP contribution in [0.1, 0.15) is 61.1 Å². The number of aryl methyl sites for hydroxylation is 6. The van der Waals surface area contributed by atoms with Gasteiger partial charge in [-0.05, 0) is 195 Å². The molecule has 4 aliphatic rings. The summed E-state index contributed by atoms with van der Waals surface area (Å²) in [6.07, 6.45) is 0. The molecule has 0 fully saturated rings. The summed E-state index contributed by atoms with van der Waals surface area (Å²) < 4.78 is 0. The third-order valence-electron chi connectivity index (χ3n) is 17.1. The van der Waals surface area contributed by atoms with Gasteiger partial charge in [0.1, 0.15) is 0 Å². The first kappa shape index (κ1) is 52.9. The highest BCUT2D eigenvalue weighted by Crippen LogP contribution is 2.49. The minimum absolute atomic E-state index is 0.00229. The van der Waals surface area contributed by atoms with E-state index in [4.69, 9.17) is 0 Å². The fourth-order valence-electron chi connectivity index (χ4n) is 13.6. The van der Waals surface area contributed by atoms with E-state index in [9.17, 15) is 0 Å². The predicted octanol–water partition coefficient (Wildman–Crippen LogP) is 17.2. The SMILES string of the molecule is CC.CC.Cc1ccc(N2c3ccc(C)cc3B3c4ccc(N(c5ccc6c(c5)N(c5ccccc5)c5cccc7c5B6c5cc(C)ccc5N7c5ccc(C)cc5)c5c(C)cccc5C)cc4N(c4ccccc4)c4cccc2c43)cc1. The number of anilines is 15. The van der Waals surface area contributed by atoms with E-state index in [2.05, 4.69) is 303 Å². The quantitative estimate of drug-likeness (QED) is 0.147. The van der Waals surface area contributed by atoms with Gasteiger partial charge in [0.2, 0.25) is 0 Å². The van der Waals surface area contributed by atoms with Crippen LogP contribution in [0.2, 0.25) is 0 Å². The van der Waals surface area contributed by atoms with Gasteiger partial charge in [-0.15, -0.1) is 0 Å². The van der Waals surface area contributed by atoms with Gasteiger partial charge < -0.3 is 24.5 Å². The Bertz CT molecular complexity index is 3980. The number of hydrogen-bond donors (Lipinski definition) is 0. The molecule has 11 aromatic rings. The molecule has 11 aromatic carbocycles. The Morgan fingerprint density at radius 1 is 0.265 bits per heavy atom. The maximum atomic E-state index is 2.53. The summed E-state index contributed by atoms with van der Waals surface area (Å²) in [4.78, 5) is 12.5. The fourth-order valence-corrected chi connectivity index (χ4v) is 13.6. The van der Waals surface area contributed by atoms with Crippen LogP contribution in [0.4, 0.5) is 85.3 Å². The standard InChI is InChI=1S/C72H57B2N5.2C2H6/c1-46-26-32-54(33-27-46)76-62-40-30-48(3)42-60(62)73-58-38-36-56(44-68(58)78(52-18-9-7-10-19-52)66-24-14-22-64(76)70(66)73)75(72-50(5)16-13-17-51(72)6)57-37-39-59-69(45-57)79(53-20-11-8-12-21-53)67-25-15-23-65-71(67)74(59)61-43-49(4)31-41-63(61)77(65)55-34-28-47(2)29-35-55;2*1-2/h7-45H,1-6H3;2*1-2H3. The summed E-state index contributed by atoms with van der Waals surface area (Å²) in [6, 6.07) is 89.1. The van der Waals surface area contributed by atoms with E-state index < -0.39 is 0 Å². The lowest BCUT2D eigenvalue weighted by Gasteiger charge is -2.45. The van der Waals surface area contributed by atoms with Gasteiger partial charge in [0.25, 0.3) is 13.4 Å². The second-order valence-electron chi connectivity index (χ2n) is 22.2. The molecule has 0 aliphatic carbocycles. The second-order valence-corrected chi connectivity index (χ2v) is 22.2. The normalized spacial score (nSPS) is 12.8. The van der Waals surface area contributed by atoms with Gasteiger partial charge in [0.05, 0.1) is 5.69 Å². The maximum absolute atomic E-state index is 2.53. The van der Waals surface area contributed by atoms with E-state index >= 15 is 0 Å². The molecule has 0 bridgehead atoms. The minimum atomic E-state index is -0.00229. The Labute approximate surface area is 492 Å². The van der Waals surface area contributed by atoms with Crippen LogP contribution in [0, 0.1) is 41.5 Å². The van der Waals surface area contributed by atoms with Gasteiger partial charge in [-0.2, -0.15) is 0 Å². The molecule has 0 aromatic heterocycles. The van der Waals surface area contributed by atoms with E-state index in [1.165, 1.54) is 117 Å². The van der Waals surface area contributed by atoms with Gasteiger partial charge in [-0.1, -0.05) is 177 Å². The van der Waals surface area contributed by atoms with Crippen LogP contribution in [-0.2, 0) is 0 Å². The van der Waals surface area contributed by atoms with E-state index in [1.807, 2.05) is 27.7 Å². The molecule has 15 rings (SSSR count). The van der Waals surface area contributed by atoms with Crippen LogP contribution >= 0.6 is 0 Å². The first-order chi connectivity index (χ1) is 40.7. The van der Waals surface area contributed by atoms with Gasteiger partial charge in [-0.3, -0.25) is 0 Å². The molecule has 0 atom stereocenters. The van der Waals surface area contributed by atoms with Crippen molar-refractivity contribution in [3.05, 3.63) is 270 Å². The highest BCUT2D eigenvalue weighted by molar-refractivity contribution is 7.01. The number of para-hydroxylation sites is 3. The van der Waals surface area contributed by atoms with Crippen molar-refractivity contribution < 1.29 is 0 Å². The monoisotopic (exact) mass is 1070 g/mol. The Balaban J connectivity index is 0.00000158. The number of nitrogens with zero attached hydrogens (tertiary/aromatic N) is 5. The molecule has 7 heteroatoms. The topological polar surface area (TPSA) is 16.2 Å². The lowest BCUT2D eigenvalue weighted by Crippen LogP contribution is -2.61. The number of rotatable bonds is 7. The van der Waals surface area contributed by atoms with Gasteiger partial charge in [0, 0.05) is 79.6 Å². The van der Waals surface area contributed by atoms with Gasteiger partial charge in [0.15, 0.2) is 0 Å². The summed E-state index contributed by atoms with van der Waals surface area (Å²) in [5.74, 6) is 0. The van der Waals surface area contributed by atoms with Crippen molar-refractivity contribution in [1.29, 1.82) is 0 Å². The lowest BCUT2D eigenvalue weighted by atomic mass is 9.33. The third-order valence-corrected chi connectivity index (χ3v) is 17.1. The zero-order valence-corrected chi connectivity index (χ0v) is 49.4. The van der Waals surface area contributed by atoms with Crippen molar-refractivity contribution in [3.63, 3.8) is 0 Å². The molecule has 0 saturated heterocycles. The molecule has 5 nitrogen and oxygen atoms in total. The Kier molecular flexibility index (Phi) is 13.7. The summed E-state index contributed by atoms with van der Waals surface area (Å²) in [5.41, 5.74) is 32.7. The van der Waals surface area contributed by atoms with Crippen LogP contribution in [0.5, 0.6) is 0 Å². The van der Waals surface area contributed by atoms with Gasteiger partial charge in [-0.25, -0.2) is 0 Å². The molecule has 83 heavy (non-hydrogen) atoms. The van der Waals surface area contributed by atoms with Crippen LogP contribution in [0.25, 0.3) is 0 Å². The lowest BCUT2D eigenvalue weighted by molar-refractivity contribution is 1.20. The van der Waals surface area contributed by atoms with Crippen LogP contribution in [0.3, 0.4) is 0 Å². The summed E-state index contributed by atoms with van der Waals surface area (Å²) in [5, 5.41) is 0. The smallest absolute Gasteiger partial charge is 0.252 e. The van der Waals surface area contributed by atoms with E-state index in [0.717, 1.165) is 34.1 Å². The van der Waals surface area contributed by atoms with Crippen molar-refractivity contribution >= 4 is 132 Å². The van der Waals surface area contributed by atoms with E-state index in [-0.39, 0.29) is 13.4 Å². The van der Waals surface area contributed by atoms with Crippen molar-refractivity contribution in [2.75, 3.05) is 24.5 Å². The largest absolute Gasteiger partial charge is 0.311 e. The zero-order chi connectivity index (χ0) is 57.2. The van der Waals surface area contributed by atoms with Crippen LogP contribution in [-0.4, -0.2) is 13.4 Å². The summed E-state index contributed by atoms with van der Waals surface area (Å²) in [6.45, 7) is 21.3. The summed E-state index contributed by atoms with van der Waals surface area (Å²) >= 11 is 0. The molecule has 4 aliphatic heterocycles. The molecule has 4 heterocycles. The van der Waals surface area contributed by atoms with E-state index in [1.54, 1.807) is 0 Å². The average Bonchev–Trinajstić information content (AvgIpc) is 3.40. The Morgan fingerprint density at radius 2 is 0.602 bits per heavy atom. The number of fused-ring (bicyclic) bond motifs is 8. The number of hydrogen-bond acceptors (Lipinski definition) is 5. The molecule has 0 amide bonds. The Morgan fingerprint density at radius 3 is 0.988 bits per heavy atom. The van der Waals surface area contributed by atoms with E-state index in [0.29, 0.717) is 0 Å². The van der Waals surface area contributed by atoms with Crippen LogP contribution in [0.15, 0.2) is 237 Å². The molecule has 0 radical (unpaired) electrons. The highest BCUT2D eigenvalue weighted by atomic mass is 15.2. The third kappa shape index (κ3) is 8.63. The highest BCUT2D eigenvalue weighted by Gasteiger charge is 2.46. The molecule has 404 valence electrons. The predicted molar refractivity (Wildman–Crippen MR) is 360 cm³/mol. The molecule has 0 saturated carbocycles. The van der Waals surface area contributed by atoms with Crippen molar-refractivity contribution in [2.45, 2.75) is 69.2 Å². The van der Waals surface area contributed by atoms with Crippen molar-refractivity contribution in [1.82, 2.24) is 0 Å². The molecular weight excluding hydrogens is 1000 g/mol. The second kappa shape index (κ2) is 21.5. The molecule has 0 N–H and O–H groups in total. The van der Waals surface area contributed by atoms with Gasteiger partial charge >= 0.3 is 0 Å². The average molecular weight is 1070 g/mol. The first-order valence-corrected chi connectivity index (χ1v) is 29.7. The zero-order valence-electron chi connectivity index (χ0n) is 49.4. The minimum Gasteiger partial charge on any atom is -0.311 e. The fraction of sp³-hybridized carbons (Fsp3) is 0.132. The maximum Gasteiger partial charge on any atom is 0.252 e. The van der Waals surface area contributed by atoms with Crippen LogP contribution < -0.4 is 57.3 Å². The molecule has 0 unspecified atom stereocenters. The van der Waals surface area contributed by atoms with Crippen molar-refractivity contribution in [3.8, 4) is 0 Å². The molecule has 0 spiro atoms. The summed E-state index contributed by atoms with van der Waals surface area (Å²) in [7, 11) is 0.